The molecule has 2 N–H and O–H groups in total. The third kappa shape index (κ3) is 1.48. The maximum atomic E-state index is 11.3. The minimum absolute atomic E-state index is 0.192. The average Bonchev–Trinajstić information content (AvgIpc) is 2.24. The molecule has 1 amide bonds. The number of carbonyl (C=O) groups is 1. The standard InChI is InChI=1S/C10H13N3O/c11-3-6-13-9(7-10(13)14)8-1-4-12-5-2-8/h1-2,4-5,9H,3,6-7,11H2. The van der Waals surface area contributed by atoms with Crippen molar-refractivity contribution in [1.82, 2.24) is 9.88 Å². The minimum atomic E-state index is 0.192. The summed E-state index contributed by atoms with van der Waals surface area (Å²) in [6, 6.07) is 4.11. The summed E-state index contributed by atoms with van der Waals surface area (Å²) < 4.78 is 0. The molecule has 1 fully saturated rings. The van der Waals surface area contributed by atoms with Crippen LogP contribution < -0.4 is 5.73 Å². The minimum Gasteiger partial charge on any atom is -0.334 e. The molecule has 1 aromatic rings. The molecule has 1 unspecified atom stereocenters. The van der Waals surface area contributed by atoms with Crippen molar-refractivity contribution in [3.8, 4) is 0 Å². The highest BCUT2D eigenvalue weighted by Crippen LogP contribution is 2.33. The van der Waals surface area contributed by atoms with Gasteiger partial charge in [-0.25, -0.2) is 0 Å². The van der Waals surface area contributed by atoms with Gasteiger partial charge >= 0.3 is 0 Å². The van der Waals surface area contributed by atoms with Gasteiger partial charge in [-0.2, -0.15) is 0 Å². The lowest BCUT2D eigenvalue weighted by atomic mass is 9.95. The quantitative estimate of drug-likeness (QED) is 0.700. The van der Waals surface area contributed by atoms with Crippen molar-refractivity contribution in [2.45, 2.75) is 12.5 Å². The summed E-state index contributed by atoms with van der Waals surface area (Å²) in [6.07, 6.45) is 4.10. The van der Waals surface area contributed by atoms with E-state index in [1.807, 2.05) is 17.0 Å². The number of hydrogen-bond donors (Lipinski definition) is 1. The lowest BCUT2D eigenvalue weighted by molar-refractivity contribution is -0.146. The Balaban J connectivity index is 2.10. The second-order valence-electron chi connectivity index (χ2n) is 3.38. The van der Waals surface area contributed by atoms with Gasteiger partial charge in [-0.05, 0) is 17.7 Å². The number of hydrogen-bond acceptors (Lipinski definition) is 3. The van der Waals surface area contributed by atoms with E-state index < -0.39 is 0 Å². The fraction of sp³-hybridized carbons (Fsp3) is 0.400. The molecule has 0 radical (unpaired) electrons. The first-order chi connectivity index (χ1) is 6.83. The van der Waals surface area contributed by atoms with Crippen LogP contribution in [-0.2, 0) is 4.79 Å². The van der Waals surface area contributed by atoms with Crippen molar-refractivity contribution >= 4 is 5.91 Å². The first-order valence-electron chi connectivity index (χ1n) is 4.72. The van der Waals surface area contributed by atoms with Gasteiger partial charge in [-0.3, -0.25) is 9.78 Å². The highest BCUT2D eigenvalue weighted by atomic mass is 16.2. The van der Waals surface area contributed by atoms with Crippen LogP contribution in [-0.4, -0.2) is 28.9 Å². The van der Waals surface area contributed by atoms with Crippen molar-refractivity contribution in [3.63, 3.8) is 0 Å². The van der Waals surface area contributed by atoms with Gasteiger partial charge in [-0.1, -0.05) is 0 Å². The van der Waals surface area contributed by atoms with Crippen LogP contribution in [0.15, 0.2) is 24.5 Å². The Morgan fingerprint density at radius 3 is 2.79 bits per heavy atom. The Morgan fingerprint density at radius 1 is 1.50 bits per heavy atom. The van der Waals surface area contributed by atoms with Crippen LogP contribution in [0.5, 0.6) is 0 Å². The number of aromatic nitrogens is 1. The van der Waals surface area contributed by atoms with Crippen LogP contribution in [0.1, 0.15) is 18.0 Å². The van der Waals surface area contributed by atoms with Crippen molar-refractivity contribution in [3.05, 3.63) is 30.1 Å². The SMILES string of the molecule is NCCN1C(=O)CC1c1ccncc1. The van der Waals surface area contributed by atoms with Crippen molar-refractivity contribution < 1.29 is 4.79 Å². The van der Waals surface area contributed by atoms with E-state index in [1.54, 1.807) is 12.4 Å². The van der Waals surface area contributed by atoms with Gasteiger partial charge in [0.05, 0.1) is 12.5 Å². The number of rotatable bonds is 3. The van der Waals surface area contributed by atoms with Gasteiger partial charge in [0, 0.05) is 25.5 Å². The molecule has 1 saturated heterocycles. The highest BCUT2D eigenvalue weighted by Gasteiger charge is 2.36. The molecule has 0 bridgehead atoms. The monoisotopic (exact) mass is 191 g/mol. The summed E-state index contributed by atoms with van der Waals surface area (Å²) in [6.45, 7) is 1.17. The van der Waals surface area contributed by atoms with Crippen LogP contribution >= 0.6 is 0 Å². The molecule has 14 heavy (non-hydrogen) atoms. The number of carbonyl (C=O) groups excluding carboxylic acids is 1. The smallest absolute Gasteiger partial charge is 0.225 e. The molecule has 2 heterocycles. The Hall–Kier alpha value is -1.42. The summed E-state index contributed by atoms with van der Waals surface area (Å²) in [7, 11) is 0. The molecule has 1 aliphatic heterocycles. The Morgan fingerprint density at radius 2 is 2.21 bits per heavy atom. The van der Waals surface area contributed by atoms with Gasteiger partial charge in [0.1, 0.15) is 0 Å². The predicted molar refractivity (Wildman–Crippen MR) is 52.4 cm³/mol. The van der Waals surface area contributed by atoms with Gasteiger partial charge in [0.25, 0.3) is 0 Å². The first-order valence-corrected chi connectivity index (χ1v) is 4.72. The van der Waals surface area contributed by atoms with Crippen molar-refractivity contribution in [2.24, 2.45) is 5.73 Å². The third-order valence-corrected chi connectivity index (χ3v) is 2.53. The molecule has 74 valence electrons. The second-order valence-corrected chi connectivity index (χ2v) is 3.38. The third-order valence-electron chi connectivity index (χ3n) is 2.53. The van der Waals surface area contributed by atoms with E-state index in [-0.39, 0.29) is 11.9 Å². The Labute approximate surface area is 82.7 Å². The van der Waals surface area contributed by atoms with E-state index >= 15 is 0 Å². The molecule has 4 heteroatoms. The lowest BCUT2D eigenvalue weighted by Gasteiger charge is -2.40. The summed E-state index contributed by atoms with van der Waals surface area (Å²) >= 11 is 0. The maximum absolute atomic E-state index is 11.3. The predicted octanol–water partition coefficient (Wildman–Crippen LogP) is 0.314. The van der Waals surface area contributed by atoms with E-state index in [2.05, 4.69) is 4.98 Å². The summed E-state index contributed by atoms with van der Waals surface area (Å²) in [5.74, 6) is 0.192. The molecule has 1 aliphatic rings. The average molecular weight is 191 g/mol. The van der Waals surface area contributed by atoms with Crippen LogP contribution in [0.3, 0.4) is 0 Å². The van der Waals surface area contributed by atoms with E-state index in [0.29, 0.717) is 19.5 Å². The molecular weight excluding hydrogens is 178 g/mol. The van der Waals surface area contributed by atoms with E-state index in [0.717, 1.165) is 5.56 Å². The fourth-order valence-electron chi connectivity index (χ4n) is 1.76. The largest absolute Gasteiger partial charge is 0.334 e. The van der Waals surface area contributed by atoms with Crippen LogP contribution in [0, 0.1) is 0 Å². The number of nitrogens with two attached hydrogens (primary N) is 1. The number of amides is 1. The fourth-order valence-corrected chi connectivity index (χ4v) is 1.76. The summed E-state index contributed by atoms with van der Waals surface area (Å²) in [5, 5.41) is 0. The maximum Gasteiger partial charge on any atom is 0.225 e. The van der Waals surface area contributed by atoms with E-state index in [4.69, 9.17) is 5.73 Å². The number of β-lactam (4-membered cyclic amide) rings is 1. The zero-order valence-corrected chi connectivity index (χ0v) is 7.89. The summed E-state index contributed by atoms with van der Waals surface area (Å²) in [4.78, 5) is 17.0. The second kappa shape index (κ2) is 3.75. The van der Waals surface area contributed by atoms with Crippen LogP contribution in [0.25, 0.3) is 0 Å². The van der Waals surface area contributed by atoms with Gasteiger partial charge in [0.2, 0.25) is 5.91 Å². The van der Waals surface area contributed by atoms with E-state index in [1.165, 1.54) is 0 Å². The number of likely N-dealkylation sites (tertiary alicyclic amines) is 1. The molecule has 0 aromatic carbocycles. The highest BCUT2D eigenvalue weighted by molar-refractivity contribution is 5.83. The molecule has 0 aliphatic carbocycles. The molecule has 0 saturated carbocycles. The lowest BCUT2D eigenvalue weighted by Crippen LogP contribution is -2.48. The Bertz CT molecular complexity index is 325. The van der Waals surface area contributed by atoms with Gasteiger partial charge in [0.15, 0.2) is 0 Å². The van der Waals surface area contributed by atoms with Crippen LogP contribution in [0.2, 0.25) is 0 Å². The van der Waals surface area contributed by atoms with Crippen molar-refractivity contribution in [2.75, 3.05) is 13.1 Å². The van der Waals surface area contributed by atoms with Crippen LogP contribution in [0.4, 0.5) is 0 Å². The molecule has 2 rings (SSSR count). The van der Waals surface area contributed by atoms with E-state index in [9.17, 15) is 4.79 Å². The number of pyridine rings is 1. The van der Waals surface area contributed by atoms with Gasteiger partial charge in [-0.15, -0.1) is 0 Å². The summed E-state index contributed by atoms with van der Waals surface area (Å²) in [5.41, 5.74) is 6.58. The molecule has 1 aromatic heterocycles. The molecule has 1 atom stereocenters. The molecule has 0 spiro atoms. The van der Waals surface area contributed by atoms with Crippen molar-refractivity contribution in [1.29, 1.82) is 0 Å². The molecular formula is C10H13N3O. The zero-order chi connectivity index (χ0) is 9.97. The normalized spacial score (nSPS) is 20.8. The zero-order valence-electron chi connectivity index (χ0n) is 7.89. The van der Waals surface area contributed by atoms with Gasteiger partial charge < -0.3 is 10.6 Å². The first kappa shape index (κ1) is 9.15. The molecule has 4 nitrogen and oxygen atoms in total. The topological polar surface area (TPSA) is 59.2 Å². The number of nitrogens with zero attached hydrogens (tertiary/aromatic N) is 2. The Kier molecular flexibility index (Phi) is 2.45.